The molecular formula is C52H86N2O28. The Labute approximate surface area is 472 Å². The third-order valence-corrected chi connectivity index (χ3v) is 19.3. The third-order valence-electron chi connectivity index (χ3n) is 19.3. The van der Waals surface area contributed by atoms with E-state index in [4.69, 9.17) is 56.8 Å². The fourth-order valence-corrected chi connectivity index (χ4v) is 15.3. The largest absolute Gasteiger partial charge is 0.394 e. The Kier molecular flexibility index (Phi) is 19.9. The van der Waals surface area contributed by atoms with Crippen molar-refractivity contribution in [3.63, 3.8) is 0 Å². The maximum Gasteiger partial charge on any atom is 0.187 e. The maximum atomic E-state index is 12.2. The van der Waals surface area contributed by atoms with Gasteiger partial charge in [-0.3, -0.25) is 0 Å². The van der Waals surface area contributed by atoms with Crippen LogP contribution in [-0.2, 0) is 56.8 Å². The monoisotopic (exact) mass is 1190 g/mol. The molecule has 4 saturated carbocycles. The maximum absolute atomic E-state index is 12.2. The van der Waals surface area contributed by atoms with Gasteiger partial charge in [0.1, 0.15) is 146 Å². The molecule has 0 aromatic carbocycles. The number of hydrogen-bond donors (Lipinski definition) is 17. The molecule has 0 amide bonds. The number of hydrogen-bond acceptors (Lipinski definition) is 30. The predicted octanol–water partition coefficient (Wildman–Crippen LogP) is -8.75. The van der Waals surface area contributed by atoms with E-state index in [1.807, 2.05) is 0 Å². The van der Waals surface area contributed by atoms with E-state index in [1.165, 1.54) is 19.3 Å². The summed E-state index contributed by atoms with van der Waals surface area (Å²) in [5.41, 5.74) is 0.0980. The first-order valence-electron chi connectivity index (χ1n) is 29.2. The van der Waals surface area contributed by atoms with Crippen LogP contribution in [0.3, 0.4) is 0 Å². The van der Waals surface area contributed by atoms with Crippen LogP contribution in [0, 0.1) is 23.2 Å². The zero-order valence-electron chi connectivity index (χ0n) is 45.3. The predicted molar refractivity (Wildman–Crippen MR) is 265 cm³/mol. The molecule has 30 nitrogen and oxygen atoms in total. The summed E-state index contributed by atoms with van der Waals surface area (Å²) >= 11 is 0. The second kappa shape index (κ2) is 26.1. The molecule has 16 rings (SSSR count). The van der Waals surface area contributed by atoms with Crippen molar-refractivity contribution in [3.05, 3.63) is 0 Å². The first kappa shape index (κ1) is 62.4. The standard InChI is InChI=1S/C52H86N2O28/c55-15-24-42-32(63)38(69)50(75-24)82-45-27(18-58)74-49(37(68)31(45)62)78-41-23-14-54(6-3-52-10-19-7-20(11-52)9-21(8-19)12-52)5-2-1-4-53-13-22-40(28(59)34(65)46(71-22)79-42)77-48-36(67)30(61)44(26(17-57)73-48)81-51-39(70)33(64)43(25(16-56)76-51)80-47(72-23)35(66)29(41)60/h19-51,53,55-70H,1-18H2/t19?,20?,21?,22-,23-,24-,25-,26-,27-,28?,29?,30?,31?,32?,33?,34?,35?,36?,37?,38?,39?,40-,41-,42-,43-,44-,45-,46-,47-,48-,49-,50-,51-,52?/m1/s1. The molecule has 4 aliphatic carbocycles. The fourth-order valence-electron chi connectivity index (χ4n) is 15.3. The van der Waals surface area contributed by atoms with Crippen LogP contribution in [0.5, 0.6) is 0 Å². The molecule has 16 bridgehead atoms. The number of nitrogens with one attached hydrogen (secondary N) is 1. The second-order valence-electron chi connectivity index (χ2n) is 24.9. The molecule has 17 N–H and O–H groups in total. The molecule has 16 fully saturated rings. The Morgan fingerprint density at radius 2 is 0.683 bits per heavy atom. The Balaban J connectivity index is 0.969. The topological polar surface area (TPSA) is 450 Å². The molecule has 12 unspecified atom stereocenters. The lowest BCUT2D eigenvalue weighted by Gasteiger charge is -2.57. The number of aliphatic hydroxyl groups excluding tert-OH is 16. The summed E-state index contributed by atoms with van der Waals surface area (Å²) < 4.78 is 73.1. The SMILES string of the molecule is OC[C@H]1O[C@@H]2O[C@H]3C(O)C(O)[C@@H]4O[C@@H]3CNCCCCN(CCC35CC6CC(CC(C6)C3)C5)C[C@H]3O[C@H](O[C@H]5C(O)C(O)[C@H](O[C@@H]5CO)O[C@H]1C(O)C2O)C(O)C(O)[C@@H]3O[C@H]1O[C@H](CO)[C@@H](O[C@H]2O[C@H](CO)[C@@H](O4)C(O)C2O)C(O)C1O. The van der Waals surface area contributed by atoms with Crippen molar-refractivity contribution >= 4 is 0 Å². The van der Waals surface area contributed by atoms with Crippen LogP contribution in [0.2, 0.25) is 0 Å². The van der Waals surface area contributed by atoms with Crippen LogP contribution in [-0.4, -0.2) is 330 Å². The van der Waals surface area contributed by atoms with E-state index in [-0.39, 0.29) is 18.5 Å². The molecule has 82 heavy (non-hydrogen) atoms. The number of rotatable bonds is 7. The highest BCUT2D eigenvalue weighted by atomic mass is 16.8. The van der Waals surface area contributed by atoms with Gasteiger partial charge in [-0.15, -0.1) is 0 Å². The van der Waals surface area contributed by atoms with E-state index >= 15 is 0 Å². The Morgan fingerprint density at radius 1 is 0.366 bits per heavy atom. The normalized spacial score (nSPS) is 55.2. The van der Waals surface area contributed by atoms with Gasteiger partial charge in [-0.1, -0.05) is 0 Å². The molecule has 0 aromatic heterocycles. The van der Waals surface area contributed by atoms with Gasteiger partial charge in [-0.05, 0) is 101 Å². The number of nitrogens with zero attached hydrogens (tertiary/aromatic N) is 1. The Bertz CT molecular complexity index is 2020. The highest BCUT2D eigenvalue weighted by Gasteiger charge is 2.59. The van der Waals surface area contributed by atoms with E-state index in [1.54, 1.807) is 0 Å². The lowest BCUT2D eigenvalue weighted by atomic mass is 9.49. The van der Waals surface area contributed by atoms with Gasteiger partial charge in [0.05, 0.1) is 26.4 Å². The van der Waals surface area contributed by atoms with E-state index in [0.29, 0.717) is 50.2 Å². The highest BCUT2D eigenvalue weighted by Crippen LogP contribution is 2.61. The van der Waals surface area contributed by atoms with Crippen LogP contribution >= 0.6 is 0 Å². The smallest absolute Gasteiger partial charge is 0.187 e. The molecule has 0 aromatic rings. The van der Waals surface area contributed by atoms with E-state index in [9.17, 15) is 81.7 Å². The van der Waals surface area contributed by atoms with E-state index in [2.05, 4.69) is 10.2 Å². The first-order chi connectivity index (χ1) is 39.3. The average Bonchev–Trinajstić information content (AvgIpc) is 3.46. The van der Waals surface area contributed by atoms with E-state index in [0.717, 1.165) is 25.7 Å². The summed E-state index contributed by atoms with van der Waals surface area (Å²) in [5.74, 6) is 1.95. The van der Waals surface area contributed by atoms with Crippen molar-refractivity contribution in [1.82, 2.24) is 10.2 Å². The summed E-state index contributed by atoms with van der Waals surface area (Å²) in [7, 11) is 0. The minimum Gasteiger partial charge on any atom is -0.394 e. The van der Waals surface area contributed by atoms with Crippen LogP contribution in [0.15, 0.2) is 0 Å². The lowest BCUT2D eigenvalue weighted by molar-refractivity contribution is -0.403. The van der Waals surface area contributed by atoms with Gasteiger partial charge in [0.2, 0.25) is 0 Å². The molecule has 472 valence electrons. The molecular weight excluding hydrogens is 1100 g/mol. The molecule has 12 aliphatic heterocycles. The number of fused-ring (bicyclic) bond motifs is 4. The summed E-state index contributed by atoms with van der Waals surface area (Å²) in [6.07, 6.45) is -46.5. The number of aliphatic hydroxyl groups is 16. The molecule has 30 heteroatoms. The minimum atomic E-state index is -2.09. The second-order valence-corrected chi connectivity index (χ2v) is 24.9. The molecule has 0 radical (unpaired) electrons. The van der Waals surface area contributed by atoms with Gasteiger partial charge in [0.25, 0.3) is 0 Å². The number of ether oxygens (including phenoxy) is 12. The van der Waals surface area contributed by atoms with Gasteiger partial charge in [-0.2, -0.15) is 0 Å². The first-order valence-corrected chi connectivity index (χ1v) is 29.2. The van der Waals surface area contributed by atoms with Gasteiger partial charge < -0.3 is 149 Å². The zero-order valence-corrected chi connectivity index (χ0v) is 45.3. The molecule has 12 saturated heterocycles. The summed E-state index contributed by atoms with van der Waals surface area (Å²) in [4.78, 5) is 2.13. The average molecular weight is 1190 g/mol. The van der Waals surface area contributed by atoms with Gasteiger partial charge >= 0.3 is 0 Å². The third kappa shape index (κ3) is 12.3. The van der Waals surface area contributed by atoms with Crippen LogP contribution in [0.4, 0.5) is 0 Å². The molecule has 30 atom stereocenters. The van der Waals surface area contributed by atoms with Crippen molar-refractivity contribution in [2.75, 3.05) is 59.2 Å². The van der Waals surface area contributed by atoms with Gasteiger partial charge in [-0.25, -0.2) is 0 Å². The summed E-state index contributed by atoms with van der Waals surface area (Å²) in [6.45, 7) is -2.67. The summed E-state index contributed by atoms with van der Waals surface area (Å²) in [5, 5.41) is 187. The van der Waals surface area contributed by atoms with Crippen molar-refractivity contribution in [3.8, 4) is 0 Å². The highest BCUT2D eigenvalue weighted by molar-refractivity contribution is 5.04. The fraction of sp³-hybridized carbons (Fsp3) is 1.00. The molecule has 0 spiro atoms. The Hall–Kier alpha value is -1.20. The van der Waals surface area contributed by atoms with Gasteiger partial charge in [0, 0.05) is 13.1 Å². The van der Waals surface area contributed by atoms with Crippen LogP contribution < -0.4 is 5.32 Å². The molecule has 16 aliphatic rings. The molecule has 12 heterocycles. The van der Waals surface area contributed by atoms with Gasteiger partial charge in [0.15, 0.2) is 37.7 Å². The van der Waals surface area contributed by atoms with Crippen molar-refractivity contribution in [1.29, 1.82) is 0 Å². The van der Waals surface area contributed by atoms with Crippen molar-refractivity contribution in [2.45, 2.75) is 242 Å². The lowest BCUT2D eigenvalue weighted by Crippen LogP contribution is -2.69. The Morgan fingerprint density at radius 3 is 1.05 bits per heavy atom. The quantitative estimate of drug-likeness (QED) is 0.113. The van der Waals surface area contributed by atoms with E-state index < -0.39 is 211 Å². The van der Waals surface area contributed by atoms with Crippen molar-refractivity contribution < 1.29 is 139 Å². The van der Waals surface area contributed by atoms with Crippen LogP contribution in [0.25, 0.3) is 0 Å². The van der Waals surface area contributed by atoms with Crippen molar-refractivity contribution in [2.24, 2.45) is 23.2 Å². The zero-order chi connectivity index (χ0) is 58.1. The summed E-state index contributed by atoms with van der Waals surface area (Å²) in [6, 6.07) is 0. The minimum absolute atomic E-state index is 0.0338. The van der Waals surface area contributed by atoms with Crippen LogP contribution in [0.1, 0.15) is 57.8 Å².